The zero-order valence-corrected chi connectivity index (χ0v) is 7.71. The van der Waals surface area contributed by atoms with Crippen molar-refractivity contribution in [2.45, 2.75) is 13.8 Å². The third-order valence-electron chi connectivity index (χ3n) is 1.79. The summed E-state index contributed by atoms with van der Waals surface area (Å²) >= 11 is 4.97. The molecule has 0 aliphatic rings. The lowest BCUT2D eigenvalue weighted by atomic mass is 10.2. The first-order valence-corrected chi connectivity index (χ1v) is 3.80. The Labute approximate surface area is 71.6 Å². The van der Waals surface area contributed by atoms with Crippen LogP contribution in [0.2, 0.25) is 0 Å². The highest BCUT2D eigenvalue weighted by atomic mass is 32.1. The maximum Gasteiger partial charge on any atom is 0.207 e. The van der Waals surface area contributed by atoms with E-state index in [1.54, 1.807) is 7.11 Å². The van der Waals surface area contributed by atoms with E-state index in [0.29, 0.717) is 5.05 Å². The van der Waals surface area contributed by atoms with Crippen molar-refractivity contribution < 1.29 is 4.74 Å². The minimum absolute atomic E-state index is 0.524. The van der Waals surface area contributed by atoms with Crippen LogP contribution in [0.3, 0.4) is 0 Å². The maximum absolute atomic E-state index is 4.97. The molecule has 1 N–H and O–H groups in total. The van der Waals surface area contributed by atoms with Gasteiger partial charge in [-0.2, -0.15) is 0 Å². The Balaban J connectivity index is 3.04. The number of hydrogen-bond donors (Lipinski definition) is 1. The number of thiocarbonyl (C=S) groups is 1. The summed E-state index contributed by atoms with van der Waals surface area (Å²) in [5.41, 5.74) is 3.29. The molecule has 0 unspecified atom stereocenters. The van der Waals surface area contributed by atoms with Crippen LogP contribution in [0.1, 0.15) is 16.8 Å². The van der Waals surface area contributed by atoms with E-state index in [1.807, 2.05) is 20.0 Å². The van der Waals surface area contributed by atoms with Gasteiger partial charge in [-0.25, -0.2) is 0 Å². The van der Waals surface area contributed by atoms with E-state index in [2.05, 4.69) is 4.98 Å². The fourth-order valence-electron chi connectivity index (χ4n) is 0.908. The Hall–Kier alpha value is -0.830. The standard InChI is InChI=1S/C8H11NOS/c1-5-4-9-7(6(5)2)8(11)10-3/h4,9H,1-3H3. The SMILES string of the molecule is COC(=S)c1[nH]cc(C)c1C. The average Bonchev–Trinajstić information content (AvgIpc) is 2.32. The van der Waals surface area contributed by atoms with Gasteiger partial charge in [0.1, 0.15) is 0 Å². The molecule has 1 heterocycles. The first-order valence-electron chi connectivity index (χ1n) is 3.39. The molecule has 3 heteroatoms. The molecule has 0 radical (unpaired) electrons. The van der Waals surface area contributed by atoms with Crippen molar-refractivity contribution in [2.24, 2.45) is 0 Å². The van der Waals surface area contributed by atoms with Gasteiger partial charge in [-0.15, -0.1) is 0 Å². The molecule has 1 rings (SSSR count). The molecule has 2 nitrogen and oxygen atoms in total. The summed E-state index contributed by atoms with van der Waals surface area (Å²) < 4.78 is 4.93. The lowest BCUT2D eigenvalue weighted by Crippen LogP contribution is -2.01. The minimum Gasteiger partial charge on any atom is -0.485 e. The molecule has 1 aromatic rings. The molecule has 0 atom stereocenters. The van der Waals surface area contributed by atoms with Gasteiger partial charge >= 0.3 is 0 Å². The number of rotatable bonds is 1. The summed E-state index contributed by atoms with van der Waals surface area (Å²) in [7, 11) is 1.58. The van der Waals surface area contributed by atoms with Crippen molar-refractivity contribution in [1.29, 1.82) is 0 Å². The van der Waals surface area contributed by atoms with Gasteiger partial charge in [-0.1, -0.05) is 0 Å². The molecule has 11 heavy (non-hydrogen) atoms. The van der Waals surface area contributed by atoms with Crippen LogP contribution in [-0.2, 0) is 4.74 Å². The number of methoxy groups -OCH3 is 1. The van der Waals surface area contributed by atoms with Gasteiger partial charge in [-0.05, 0) is 37.2 Å². The Morgan fingerprint density at radius 3 is 2.55 bits per heavy atom. The summed E-state index contributed by atoms with van der Waals surface area (Å²) in [6.07, 6.45) is 1.93. The number of aromatic nitrogens is 1. The van der Waals surface area contributed by atoms with E-state index in [0.717, 1.165) is 11.3 Å². The summed E-state index contributed by atoms with van der Waals surface area (Å²) in [4.78, 5) is 3.06. The highest BCUT2D eigenvalue weighted by molar-refractivity contribution is 7.80. The molecular formula is C8H11NOS. The monoisotopic (exact) mass is 169 g/mol. The molecule has 0 aliphatic heterocycles. The third kappa shape index (κ3) is 1.43. The minimum atomic E-state index is 0.524. The highest BCUT2D eigenvalue weighted by Gasteiger charge is 2.07. The van der Waals surface area contributed by atoms with Crippen LogP contribution in [0.15, 0.2) is 6.20 Å². The molecule has 60 valence electrons. The van der Waals surface area contributed by atoms with E-state index in [4.69, 9.17) is 17.0 Å². The summed E-state index contributed by atoms with van der Waals surface area (Å²) in [6, 6.07) is 0. The van der Waals surface area contributed by atoms with Crippen molar-refractivity contribution in [1.82, 2.24) is 4.98 Å². The Bertz CT molecular complexity index is 278. The fraction of sp³-hybridized carbons (Fsp3) is 0.375. The smallest absolute Gasteiger partial charge is 0.207 e. The maximum atomic E-state index is 4.97. The van der Waals surface area contributed by atoms with Crippen LogP contribution in [0, 0.1) is 13.8 Å². The molecule has 0 saturated heterocycles. The molecule has 0 amide bonds. The Morgan fingerprint density at radius 2 is 2.18 bits per heavy atom. The van der Waals surface area contributed by atoms with Crippen molar-refractivity contribution in [3.8, 4) is 0 Å². The quantitative estimate of drug-likeness (QED) is 0.650. The summed E-state index contributed by atoms with van der Waals surface area (Å²) in [6.45, 7) is 4.06. The van der Waals surface area contributed by atoms with Crippen molar-refractivity contribution >= 4 is 17.3 Å². The predicted octanol–water partition coefficient (Wildman–Crippen LogP) is 1.95. The molecular weight excluding hydrogens is 158 g/mol. The fourth-order valence-corrected chi connectivity index (χ4v) is 1.12. The van der Waals surface area contributed by atoms with E-state index in [-0.39, 0.29) is 0 Å². The first kappa shape index (κ1) is 8.27. The van der Waals surface area contributed by atoms with Crippen LogP contribution in [0.4, 0.5) is 0 Å². The number of H-pyrrole nitrogens is 1. The lowest BCUT2D eigenvalue weighted by molar-refractivity contribution is 0.414. The van der Waals surface area contributed by atoms with Crippen LogP contribution >= 0.6 is 12.2 Å². The zero-order chi connectivity index (χ0) is 8.43. The van der Waals surface area contributed by atoms with Crippen LogP contribution in [0.5, 0.6) is 0 Å². The molecule has 0 aromatic carbocycles. The number of aromatic amines is 1. The van der Waals surface area contributed by atoms with E-state index in [1.165, 1.54) is 5.56 Å². The largest absolute Gasteiger partial charge is 0.485 e. The normalized spacial score (nSPS) is 9.73. The molecule has 0 bridgehead atoms. The first-order chi connectivity index (χ1) is 5.16. The van der Waals surface area contributed by atoms with Crippen LogP contribution in [0.25, 0.3) is 0 Å². The summed E-state index contributed by atoms with van der Waals surface area (Å²) in [5, 5.41) is 0.524. The molecule has 0 spiro atoms. The topological polar surface area (TPSA) is 25.0 Å². The van der Waals surface area contributed by atoms with Crippen molar-refractivity contribution in [3.05, 3.63) is 23.0 Å². The number of ether oxygens (including phenoxy) is 1. The highest BCUT2D eigenvalue weighted by Crippen LogP contribution is 2.12. The van der Waals surface area contributed by atoms with Gasteiger partial charge < -0.3 is 9.72 Å². The molecule has 0 saturated carbocycles. The summed E-state index contributed by atoms with van der Waals surface area (Å²) in [5.74, 6) is 0. The lowest BCUT2D eigenvalue weighted by Gasteiger charge is -2.00. The molecule has 0 aliphatic carbocycles. The van der Waals surface area contributed by atoms with Crippen molar-refractivity contribution in [2.75, 3.05) is 7.11 Å². The third-order valence-corrected chi connectivity index (χ3v) is 2.16. The number of nitrogens with one attached hydrogen (secondary N) is 1. The average molecular weight is 169 g/mol. The van der Waals surface area contributed by atoms with E-state index in [9.17, 15) is 0 Å². The van der Waals surface area contributed by atoms with Gasteiger partial charge in [0, 0.05) is 6.20 Å². The second-order valence-electron chi connectivity index (χ2n) is 2.46. The van der Waals surface area contributed by atoms with Gasteiger partial charge in [-0.3, -0.25) is 0 Å². The Morgan fingerprint density at radius 1 is 1.55 bits per heavy atom. The zero-order valence-electron chi connectivity index (χ0n) is 6.89. The van der Waals surface area contributed by atoms with E-state index < -0.39 is 0 Å². The van der Waals surface area contributed by atoms with Crippen LogP contribution < -0.4 is 0 Å². The number of hydrogen-bond acceptors (Lipinski definition) is 2. The second kappa shape index (κ2) is 3.05. The van der Waals surface area contributed by atoms with Crippen LogP contribution in [-0.4, -0.2) is 17.1 Å². The van der Waals surface area contributed by atoms with Gasteiger partial charge in [0.25, 0.3) is 0 Å². The molecule has 1 aromatic heterocycles. The van der Waals surface area contributed by atoms with E-state index >= 15 is 0 Å². The van der Waals surface area contributed by atoms with Gasteiger partial charge in [0.05, 0.1) is 12.8 Å². The predicted molar refractivity (Wildman–Crippen MR) is 49.0 cm³/mol. The van der Waals surface area contributed by atoms with Gasteiger partial charge in [0.2, 0.25) is 5.05 Å². The Kier molecular flexibility index (Phi) is 2.29. The molecule has 0 fully saturated rings. The van der Waals surface area contributed by atoms with Gasteiger partial charge in [0.15, 0.2) is 0 Å². The van der Waals surface area contributed by atoms with Crippen molar-refractivity contribution in [3.63, 3.8) is 0 Å². The second-order valence-corrected chi connectivity index (χ2v) is 2.83. The number of aryl methyl sites for hydroxylation is 1.